The largest absolute Gasteiger partial charge is 0.356 e. The first-order valence-electron chi connectivity index (χ1n) is 7.93. The van der Waals surface area contributed by atoms with Gasteiger partial charge < -0.3 is 11.1 Å². The number of carbonyl (C=O) groups excluding carboxylic acids is 1. The summed E-state index contributed by atoms with van der Waals surface area (Å²) in [5.41, 5.74) is 6.88. The Balaban J connectivity index is 1.67. The van der Waals surface area contributed by atoms with E-state index in [4.69, 9.17) is 5.73 Å². The fourth-order valence-electron chi connectivity index (χ4n) is 2.72. The Morgan fingerprint density at radius 1 is 1.33 bits per heavy atom. The molecule has 21 heavy (non-hydrogen) atoms. The van der Waals surface area contributed by atoms with Crippen LogP contribution in [0.15, 0.2) is 30.3 Å². The second kappa shape index (κ2) is 8.15. The molecule has 0 aromatic heterocycles. The highest BCUT2D eigenvalue weighted by molar-refractivity contribution is 5.78. The quantitative estimate of drug-likeness (QED) is 0.836. The lowest BCUT2D eigenvalue weighted by atomic mass is 9.96. The molecule has 0 spiro atoms. The molecule has 1 aliphatic heterocycles. The molecule has 1 saturated heterocycles. The number of nitrogens with one attached hydrogen (secondary N) is 1. The van der Waals surface area contributed by atoms with Crippen molar-refractivity contribution in [1.82, 2.24) is 10.2 Å². The molecule has 2 rings (SSSR count). The molecule has 116 valence electrons. The third-order valence-electron chi connectivity index (χ3n) is 4.32. The summed E-state index contributed by atoms with van der Waals surface area (Å²) >= 11 is 0. The second-order valence-corrected chi connectivity index (χ2v) is 6.09. The van der Waals surface area contributed by atoms with Gasteiger partial charge in [-0.15, -0.1) is 0 Å². The molecule has 3 N–H and O–H groups in total. The number of nitrogens with zero attached hydrogens (tertiary/aromatic N) is 1. The van der Waals surface area contributed by atoms with Crippen molar-refractivity contribution in [3.05, 3.63) is 35.9 Å². The summed E-state index contributed by atoms with van der Waals surface area (Å²) in [4.78, 5) is 14.2. The fraction of sp³-hybridized carbons (Fsp3) is 0.588. The van der Waals surface area contributed by atoms with Crippen LogP contribution in [-0.4, -0.2) is 37.0 Å². The maximum atomic E-state index is 11.7. The molecule has 0 saturated carbocycles. The van der Waals surface area contributed by atoms with Gasteiger partial charge >= 0.3 is 0 Å². The van der Waals surface area contributed by atoms with Crippen LogP contribution in [0.5, 0.6) is 0 Å². The average Bonchev–Trinajstić information content (AvgIpc) is 2.54. The van der Waals surface area contributed by atoms with Crippen LogP contribution in [0.2, 0.25) is 0 Å². The van der Waals surface area contributed by atoms with Crippen LogP contribution in [0.4, 0.5) is 0 Å². The minimum Gasteiger partial charge on any atom is -0.356 e. The number of nitrogens with two attached hydrogens (primary N) is 1. The number of rotatable bonds is 6. The lowest BCUT2D eigenvalue weighted by molar-refractivity contribution is -0.124. The fourth-order valence-corrected chi connectivity index (χ4v) is 2.72. The highest BCUT2D eigenvalue weighted by Gasteiger charge is 2.20. The molecule has 0 radical (unpaired) electrons. The van der Waals surface area contributed by atoms with Crippen molar-refractivity contribution in [2.24, 2.45) is 17.6 Å². The van der Waals surface area contributed by atoms with Gasteiger partial charge in [-0.1, -0.05) is 37.3 Å². The average molecular weight is 289 g/mol. The number of benzene rings is 1. The molecule has 1 unspecified atom stereocenters. The Kier molecular flexibility index (Phi) is 6.21. The molecule has 1 amide bonds. The monoisotopic (exact) mass is 289 g/mol. The second-order valence-electron chi connectivity index (χ2n) is 6.09. The van der Waals surface area contributed by atoms with Crippen molar-refractivity contribution in [2.75, 3.05) is 26.2 Å². The summed E-state index contributed by atoms with van der Waals surface area (Å²) in [6, 6.07) is 10.6. The SMILES string of the molecule is CC(CN)C(=O)NCC1CCN(Cc2ccccc2)CC1. The van der Waals surface area contributed by atoms with Crippen LogP contribution in [0.25, 0.3) is 0 Å². The Hall–Kier alpha value is -1.39. The molecule has 1 heterocycles. The summed E-state index contributed by atoms with van der Waals surface area (Å²) in [6.07, 6.45) is 2.31. The van der Waals surface area contributed by atoms with Crippen LogP contribution in [0.3, 0.4) is 0 Å². The van der Waals surface area contributed by atoms with Gasteiger partial charge in [0.25, 0.3) is 0 Å². The molecule has 1 atom stereocenters. The molecule has 1 aromatic carbocycles. The van der Waals surface area contributed by atoms with E-state index in [0.29, 0.717) is 12.5 Å². The Morgan fingerprint density at radius 3 is 2.62 bits per heavy atom. The van der Waals surface area contributed by atoms with Gasteiger partial charge in [-0.25, -0.2) is 0 Å². The maximum Gasteiger partial charge on any atom is 0.224 e. The Bertz CT molecular complexity index is 427. The lowest BCUT2D eigenvalue weighted by Crippen LogP contribution is -2.40. The van der Waals surface area contributed by atoms with Gasteiger partial charge in [-0.2, -0.15) is 0 Å². The number of hydrogen-bond donors (Lipinski definition) is 2. The smallest absolute Gasteiger partial charge is 0.224 e. The maximum absolute atomic E-state index is 11.7. The summed E-state index contributed by atoms with van der Waals surface area (Å²) in [5.74, 6) is 0.610. The van der Waals surface area contributed by atoms with Gasteiger partial charge in [0.15, 0.2) is 0 Å². The molecule has 0 bridgehead atoms. The molecular formula is C17H27N3O. The van der Waals surface area contributed by atoms with Crippen LogP contribution in [0.1, 0.15) is 25.3 Å². The summed E-state index contributed by atoms with van der Waals surface area (Å²) < 4.78 is 0. The minimum atomic E-state index is -0.0804. The molecule has 1 fully saturated rings. The molecule has 4 nitrogen and oxygen atoms in total. The van der Waals surface area contributed by atoms with E-state index in [2.05, 4.69) is 40.5 Å². The van der Waals surface area contributed by atoms with Gasteiger partial charge in [0.1, 0.15) is 0 Å². The topological polar surface area (TPSA) is 58.4 Å². The lowest BCUT2D eigenvalue weighted by Gasteiger charge is -2.32. The van der Waals surface area contributed by atoms with E-state index in [1.807, 2.05) is 6.92 Å². The predicted octanol–water partition coefficient (Wildman–Crippen LogP) is 1.61. The predicted molar refractivity (Wildman–Crippen MR) is 85.7 cm³/mol. The number of piperidine rings is 1. The van der Waals surface area contributed by atoms with Gasteiger partial charge in [-0.3, -0.25) is 9.69 Å². The zero-order valence-electron chi connectivity index (χ0n) is 12.9. The van der Waals surface area contributed by atoms with E-state index < -0.39 is 0 Å². The van der Waals surface area contributed by atoms with Crippen molar-refractivity contribution in [3.8, 4) is 0 Å². The van der Waals surface area contributed by atoms with Gasteiger partial charge in [0, 0.05) is 25.6 Å². The number of carbonyl (C=O) groups is 1. The van der Waals surface area contributed by atoms with E-state index in [1.165, 1.54) is 5.56 Å². The van der Waals surface area contributed by atoms with E-state index >= 15 is 0 Å². The van der Waals surface area contributed by atoms with Gasteiger partial charge in [0.2, 0.25) is 5.91 Å². The summed E-state index contributed by atoms with van der Waals surface area (Å²) in [7, 11) is 0. The van der Waals surface area contributed by atoms with Crippen molar-refractivity contribution in [1.29, 1.82) is 0 Å². The molecular weight excluding hydrogens is 262 g/mol. The molecule has 1 aliphatic rings. The Labute approximate surface area is 127 Å². The van der Waals surface area contributed by atoms with Crippen molar-refractivity contribution < 1.29 is 4.79 Å². The van der Waals surface area contributed by atoms with Crippen molar-refractivity contribution in [3.63, 3.8) is 0 Å². The van der Waals surface area contributed by atoms with E-state index in [1.54, 1.807) is 0 Å². The van der Waals surface area contributed by atoms with E-state index in [-0.39, 0.29) is 11.8 Å². The molecule has 4 heteroatoms. The third kappa shape index (κ3) is 5.14. The van der Waals surface area contributed by atoms with E-state index in [0.717, 1.165) is 39.0 Å². The minimum absolute atomic E-state index is 0.0804. The summed E-state index contributed by atoms with van der Waals surface area (Å²) in [6.45, 7) is 6.34. The highest BCUT2D eigenvalue weighted by atomic mass is 16.1. The van der Waals surface area contributed by atoms with Crippen molar-refractivity contribution >= 4 is 5.91 Å². The first-order chi connectivity index (χ1) is 10.2. The summed E-state index contributed by atoms with van der Waals surface area (Å²) in [5, 5.41) is 3.03. The van der Waals surface area contributed by atoms with E-state index in [9.17, 15) is 4.79 Å². The number of amides is 1. The van der Waals surface area contributed by atoms with Crippen LogP contribution < -0.4 is 11.1 Å². The van der Waals surface area contributed by atoms with Crippen LogP contribution in [0, 0.1) is 11.8 Å². The first kappa shape index (κ1) is 16.0. The normalized spacial score (nSPS) is 18.4. The van der Waals surface area contributed by atoms with Gasteiger partial charge in [-0.05, 0) is 37.4 Å². The van der Waals surface area contributed by atoms with Crippen LogP contribution >= 0.6 is 0 Å². The standard InChI is InChI=1S/C17H27N3O/c1-14(11-18)17(21)19-12-15-7-9-20(10-8-15)13-16-5-3-2-4-6-16/h2-6,14-15H,7-13,18H2,1H3,(H,19,21). The van der Waals surface area contributed by atoms with Crippen LogP contribution in [-0.2, 0) is 11.3 Å². The zero-order valence-corrected chi connectivity index (χ0v) is 12.9. The molecule has 0 aliphatic carbocycles. The highest BCUT2D eigenvalue weighted by Crippen LogP contribution is 2.18. The molecule has 1 aromatic rings. The van der Waals surface area contributed by atoms with Crippen molar-refractivity contribution in [2.45, 2.75) is 26.3 Å². The number of hydrogen-bond acceptors (Lipinski definition) is 3. The number of likely N-dealkylation sites (tertiary alicyclic amines) is 1. The Morgan fingerprint density at radius 2 is 2.00 bits per heavy atom. The third-order valence-corrected chi connectivity index (χ3v) is 4.32. The zero-order chi connectivity index (χ0) is 15.1. The first-order valence-corrected chi connectivity index (χ1v) is 7.93. The van der Waals surface area contributed by atoms with Gasteiger partial charge in [0.05, 0.1) is 0 Å².